The zero-order valence-electron chi connectivity index (χ0n) is 23.3. The largest absolute Gasteiger partial charge is 0.374 e. The summed E-state index contributed by atoms with van der Waals surface area (Å²) >= 11 is 5.56. The first kappa shape index (κ1) is 28.0. The lowest BCUT2D eigenvalue weighted by atomic mass is 9.95. The molecule has 1 aromatic carbocycles. The number of anilines is 1. The van der Waals surface area contributed by atoms with E-state index in [-0.39, 0.29) is 11.1 Å². The maximum absolute atomic E-state index is 13.0. The van der Waals surface area contributed by atoms with Crippen molar-refractivity contribution in [1.29, 1.82) is 0 Å². The van der Waals surface area contributed by atoms with Gasteiger partial charge in [-0.15, -0.1) is 24.0 Å². The second-order valence-electron chi connectivity index (χ2n) is 10.2. The van der Waals surface area contributed by atoms with Crippen LogP contribution in [0.3, 0.4) is 0 Å². The first-order valence-corrected chi connectivity index (χ1v) is 14.9. The zero-order chi connectivity index (χ0) is 28.4. The molecule has 40 heavy (non-hydrogen) atoms. The summed E-state index contributed by atoms with van der Waals surface area (Å²) in [6.45, 7) is 6.82. The fourth-order valence-electron chi connectivity index (χ4n) is 5.18. The fourth-order valence-corrected chi connectivity index (χ4v) is 6.40. The van der Waals surface area contributed by atoms with E-state index in [0.29, 0.717) is 16.8 Å². The number of rotatable bonds is 4. The van der Waals surface area contributed by atoms with E-state index < -0.39 is 0 Å². The third-order valence-corrected chi connectivity index (χ3v) is 8.93. The van der Waals surface area contributed by atoms with Gasteiger partial charge in [0, 0.05) is 32.0 Å². The molecular formula is C30H34N6O2S2. The van der Waals surface area contributed by atoms with Gasteiger partial charge >= 0.3 is 0 Å². The Morgan fingerprint density at radius 1 is 1.00 bits per heavy atom. The van der Waals surface area contributed by atoms with Crippen LogP contribution in [0.2, 0.25) is 0 Å². The van der Waals surface area contributed by atoms with E-state index in [2.05, 4.69) is 46.5 Å². The first-order valence-electron chi connectivity index (χ1n) is 13.6. The van der Waals surface area contributed by atoms with E-state index >= 15 is 0 Å². The molecule has 0 N–H and O–H groups in total. The van der Waals surface area contributed by atoms with Crippen molar-refractivity contribution in [2.45, 2.75) is 63.8 Å². The van der Waals surface area contributed by atoms with Crippen LogP contribution in [-0.4, -0.2) is 37.7 Å². The van der Waals surface area contributed by atoms with Crippen LogP contribution in [0, 0.1) is 13.8 Å². The highest BCUT2D eigenvalue weighted by atomic mass is 32.1. The lowest BCUT2D eigenvalue weighted by molar-refractivity contribution is 0.345. The van der Waals surface area contributed by atoms with Crippen molar-refractivity contribution in [2.75, 3.05) is 18.5 Å². The predicted molar refractivity (Wildman–Crippen MR) is 167 cm³/mol. The lowest BCUT2D eigenvalue weighted by Crippen LogP contribution is -2.26. The average molecular weight is 575 g/mol. The molecule has 208 valence electrons. The van der Waals surface area contributed by atoms with Crippen molar-refractivity contribution < 1.29 is 0 Å². The van der Waals surface area contributed by atoms with Crippen LogP contribution in [0.25, 0.3) is 26.1 Å². The second-order valence-corrected chi connectivity index (χ2v) is 11.7. The summed E-state index contributed by atoms with van der Waals surface area (Å²) in [5, 5.41) is 1.01. The number of benzene rings is 1. The molecule has 0 radical (unpaired) electrons. The van der Waals surface area contributed by atoms with Crippen molar-refractivity contribution in [3.05, 3.63) is 81.1 Å². The Morgan fingerprint density at radius 2 is 1.73 bits per heavy atom. The number of pyridine rings is 1. The van der Waals surface area contributed by atoms with Gasteiger partial charge in [-0.3, -0.25) is 18.7 Å². The fraction of sp³-hybridized carbons (Fsp3) is 0.367. The van der Waals surface area contributed by atoms with Gasteiger partial charge in [0.2, 0.25) is 0 Å². The molecule has 6 rings (SSSR count). The Hall–Kier alpha value is -3.50. The number of fused-ring (bicyclic) bond motifs is 3. The van der Waals surface area contributed by atoms with Crippen LogP contribution in [0.15, 0.2) is 63.5 Å². The SMILES string of the molecule is CCN(C)c1ccnc2sc3c(=O)n(C4CCCCC4)cnc3c12.Cc1ccc(-n2c(C)ncc(S)c2=O)cc1. The Kier molecular flexibility index (Phi) is 8.37. The third kappa shape index (κ3) is 5.42. The highest BCUT2D eigenvalue weighted by Crippen LogP contribution is 2.36. The summed E-state index contributed by atoms with van der Waals surface area (Å²) in [5.74, 6) is 0.659. The highest BCUT2D eigenvalue weighted by molar-refractivity contribution is 7.80. The van der Waals surface area contributed by atoms with E-state index in [1.165, 1.54) is 36.8 Å². The van der Waals surface area contributed by atoms with Crippen LogP contribution in [0.1, 0.15) is 56.5 Å². The number of aromatic nitrogens is 5. The van der Waals surface area contributed by atoms with Crippen molar-refractivity contribution in [3.63, 3.8) is 0 Å². The quantitative estimate of drug-likeness (QED) is 0.261. The molecule has 0 atom stereocenters. The van der Waals surface area contributed by atoms with Gasteiger partial charge < -0.3 is 4.90 Å². The number of hydrogen-bond donors (Lipinski definition) is 1. The van der Waals surface area contributed by atoms with E-state index in [1.807, 2.05) is 48.0 Å². The molecule has 1 aliphatic carbocycles. The molecule has 4 aromatic heterocycles. The average Bonchev–Trinajstić information content (AvgIpc) is 3.37. The van der Waals surface area contributed by atoms with E-state index in [9.17, 15) is 9.59 Å². The molecule has 1 aliphatic rings. The number of nitrogens with zero attached hydrogens (tertiary/aromatic N) is 6. The van der Waals surface area contributed by atoms with Crippen molar-refractivity contribution >= 4 is 50.1 Å². The van der Waals surface area contributed by atoms with Gasteiger partial charge in [0.15, 0.2) is 0 Å². The monoisotopic (exact) mass is 574 g/mol. The van der Waals surface area contributed by atoms with Gasteiger partial charge in [-0.2, -0.15) is 0 Å². The van der Waals surface area contributed by atoms with Gasteiger partial charge in [0.05, 0.1) is 33.5 Å². The van der Waals surface area contributed by atoms with Crippen LogP contribution < -0.4 is 16.0 Å². The molecule has 0 unspecified atom stereocenters. The third-order valence-electron chi connectivity index (χ3n) is 7.55. The maximum Gasteiger partial charge on any atom is 0.271 e. The minimum absolute atomic E-state index is 0.0972. The summed E-state index contributed by atoms with van der Waals surface area (Å²) in [6.07, 6.45) is 10.9. The highest BCUT2D eigenvalue weighted by Gasteiger charge is 2.21. The number of thiol groups is 1. The summed E-state index contributed by atoms with van der Waals surface area (Å²) < 4.78 is 4.16. The Bertz CT molecular complexity index is 1770. The van der Waals surface area contributed by atoms with Gasteiger partial charge in [-0.05, 0) is 51.8 Å². The minimum Gasteiger partial charge on any atom is -0.374 e. The summed E-state index contributed by atoms with van der Waals surface area (Å²) in [4.78, 5) is 41.7. The Balaban J connectivity index is 0.000000176. The number of aryl methyl sites for hydroxylation is 2. The molecule has 0 aliphatic heterocycles. The van der Waals surface area contributed by atoms with Crippen LogP contribution in [0.4, 0.5) is 5.69 Å². The Labute approximate surface area is 242 Å². The summed E-state index contributed by atoms with van der Waals surface area (Å²) in [6, 6.07) is 10.0. The smallest absolute Gasteiger partial charge is 0.271 e. The molecule has 5 aromatic rings. The molecule has 0 amide bonds. The maximum atomic E-state index is 13.0. The van der Waals surface area contributed by atoms with Crippen molar-refractivity contribution in [1.82, 2.24) is 24.1 Å². The van der Waals surface area contributed by atoms with Gasteiger partial charge in [0.1, 0.15) is 15.4 Å². The van der Waals surface area contributed by atoms with Gasteiger partial charge in [-0.25, -0.2) is 15.0 Å². The topological polar surface area (TPSA) is 85.9 Å². The Morgan fingerprint density at radius 3 is 2.42 bits per heavy atom. The number of hydrogen-bond acceptors (Lipinski definition) is 8. The van der Waals surface area contributed by atoms with E-state index in [1.54, 1.807) is 17.8 Å². The van der Waals surface area contributed by atoms with E-state index in [4.69, 9.17) is 0 Å². The van der Waals surface area contributed by atoms with Crippen molar-refractivity contribution in [2.24, 2.45) is 0 Å². The standard InChI is InChI=1S/C18H22N4OS.C12H12N2OS/c1-3-21(2)13-9-10-19-17-14(13)15-16(24-17)18(23)22(11-20-15)12-7-5-4-6-8-12;1-8-3-5-10(6-4-8)14-9(2)13-7-11(16)12(14)15/h9-12H,3-8H2,1-2H3;3-7,16H,1-2H3. The normalized spacial score (nSPS) is 13.8. The van der Waals surface area contributed by atoms with E-state index in [0.717, 1.165) is 56.8 Å². The molecule has 0 spiro atoms. The second kappa shape index (κ2) is 11.9. The molecule has 1 saturated carbocycles. The van der Waals surface area contributed by atoms with Crippen molar-refractivity contribution in [3.8, 4) is 5.69 Å². The van der Waals surface area contributed by atoms with Gasteiger partial charge in [-0.1, -0.05) is 37.0 Å². The predicted octanol–water partition coefficient (Wildman–Crippen LogP) is 6.11. The lowest BCUT2D eigenvalue weighted by Gasteiger charge is -2.23. The molecular weight excluding hydrogens is 541 g/mol. The molecule has 4 heterocycles. The van der Waals surface area contributed by atoms with Crippen LogP contribution >= 0.6 is 24.0 Å². The molecule has 8 nitrogen and oxygen atoms in total. The van der Waals surface area contributed by atoms with Crippen LogP contribution in [0.5, 0.6) is 0 Å². The summed E-state index contributed by atoms with van der Waals surface area (Å²) in [5.41, 5.74) is 3.83. The molecule has 1 fully saturated rings. The van der Waals surface area contributed by atoms with Crippen LogP contribution in [-0.2, 0) is 0 Å². The molecule has 0 saturated heterocycles. The summed E-state index contributed by atoms with van der Waals surface area (Å²) in [7, 11) is 2.06. The zero-order valence-corrected chi connectivity index (χ0v) is 25.0. The molecule has 10 heteroatoms. The first-order chi connectivity index (χ1) is 19.3. The molecule has 0 bridgehead atoms. The van der Waals surface area contributed by atoms with Gasteiger partial charge in [0.25, 0.3) is 11.1 Å². The number of thiophene rings is 1. The minimum atomic E-state index is -0.139.